The van der Waals surface area contributed by atoms with Crippen LogP contribution in [0.25, 0.3) is 10.1 Å². The number of halogens is 1. The molecule has 5 nitrogen and oxygen atoms in total. The molecule has 25 heavy (non-hydrogen) atoms. The van der Waals surface area contributed by atoms with Crippen molar-refractivity contribution < 1.29 is 19.0 Å². The van der Waals surface area contributed by atoms with Crippen LogP contribution in [0.3, 0.4) is 0 Å². The molecule has 1 aliphatic rings. The Hall–Kier alpha value is -1.54. The number of amides is 1. The van der Waals surface area contributed by atoms with E-state index in [1.54, 1.807) is 18.0 Å². The molecule has 0 aliphatic carbocycles. The van der Waals surface area contributed by atoms with Crippen molar-refractivity contribution in [3.8, 4) is 0 Å². The van der Waals surface area contributed by atoms with Crippen molar-refractivity contribution in [1.29, 1.82) is 0 Å². The summed E-state index contributed by atoms with van der Waals surface area (Å²) in [7, 11) is 1.69. The summed E-state index contributed by atoms with van der Waals surface area (Å²) in [4.78, 5) is 17.0. The van der Waals surface area contributed by atoms with Gasteiger partial charge in [-0.3, -0.25) is 9.69 Å². The topological polar surface area (TPSA) is 53.0 Å². The van der Waals surface area contributed by atoms with Crippen LogP contribution < -0.4 is 0 Å². The smallest absolute Gasteiger partial charge is 0.264 e. The number of likely N-dealkylation sites (N-methyl/N-ethyl adjacent to an activating group) is 1. The monoisotopic (exact) mass is 366 g/mol. The van der Waals surface area contributed by atoms with Crippen molar-refractivity contribution in [3.05, 3.63) is 34.5 Å². The zero-order valence-corrected chi connectivity index (χ0v) is 15.3. The van der Waals surface area contributed by atoms with Crippen LogP contribution in [0, 0.1) is 12.7 Å². The van der Waals surface area contributed by atoms with Crippen LogP contribution in [0.2, 0.25) is 0 Å². The van der Waals surface area contributed by atoms with E-state index in [9.17, 15) is 14.3 Å². The molecule has 1 fully saturated rings. The number of hydrogen-bond donors (Lipinski definition) is 1. The number of hydrogen-bond acceptors (Lipinski definition) is 5. The number of carbonyl (C=O) groups excluding carboxylic acids is 1. The number of β-amino-alcohol motifs (C(OH)–C–C–N with tert-alkyl or cyclic N) is 1. The van der Waals surface area contributed by atoms with Crippen molar-refractivity contribution in [2.75, 3.05) is 46.4 Å². The van der Waals surface area contributed by atoms with E-state index in [1.807, 2.05) is 6.92 Å². The molecule has 1 N–H and O–H groups in total. The zero-order valence-electron chi connectivity index (χ0n) is 14.5. The molecule has 0 unspecified atom stereocenters. The molecule has 1 aromatic carbocycles. The summed E-state index contributed by atoms with van der Waals surface area (Å²) in [5.41, 5.74) is 0.791. The van der Waals surface area contributed by atoms with Gasteiger partial charge < -0.3 is 14.7 Å². The van der Waals surface area contributed by atoms with E-state index in [1.165, 1.54) is 23.5 Å². The van der Waals surface area contributed by atoms with Crippen molar-refractivity contribution in [3.63, 3.8) is 0 Å². The van der Waals surface area contributed by atoms with Gasteiger partial charge in [0.15, 0.2) is 0 Å². The molecule has 1 aromatic heterocycles. The van der Waals surface area contributed by atoms with Gasteiger partial charge in [0.1, 0.15) is 5.82 Å². The van der Waals surface area contributed by atoms with Crippen molar-refractivity contribution in [1.82, 2.24) is 9.80 Å². The fourth-order valence-corrected chi connectivity index (χ4v) is 4.29. The average Bonchev–Trinajstić information content (AvgIpc) is 2.91. The predicted molar refractivity (Wildman–Crippen MR) is 96.7 cm³/mol. The van der Waals surface area contributed by atoms with Crippen molar-refractivity contribution in [2.24, 2.45) is 0 Å². The predicted octanol–water partition coefficient (Wildman–Crippen LogP) is 2.11. The van der Waals surface area contributed by atoms with Gasteiger partial charge in [-0.05, 0) is 36.1 Å². The van der Waals surface area contributed by atoms with E-state index in [0.29, 0.717) is 24.6 Å². The first-order valence-electron chi connectivity index (χ1n) is 8.38. The first-order chi connectivity index (χ1) is 12.0. The third kappa shape index (κ3) is 4.17. The number of benzene rings is 1. The van der Waals surface area contributed by atoms with E-state index < -0.39 is 6.10 Å². The average molecular weight is 366 g/mol. The van der Waals surface area contributed by atoms with E-state index in [0.717, 1.165) is 28.7 Å². The second-order valence-corrected chi connectivity index (χ2v) is 7.50. The maximum Gasteiger partial charge on any atom is 0.264 e. The highest BCUT2D eigenvalue weighted by Gasteiger charge is 2.22. The maximum absolute atomic E-state index is 13.4. The van der Waals surface area contributed by atoms with Gasteiger partial charge in [-0.1, -0.05) is 0 Å². The standard InChI is InChI=1S/C18H23FN2O3S/c1-12-15-9-13(19)3-4-16(15)25-17(12)18(23)20(2)10-14(22)11-21-5-7-24-8-6-21/h3-4,9,14,22H,5-8,10-11H2,1-2H3/t14-/m1/s1. The molecule has 3 rings (SSSR count). The van der Waals surface area contributed by atoms with Crippen LogP contribution in [0.15, 0.2) is 18.2 Å². The highest BCUT2D eigenvalue weighted by atomic mass is 32.1. The van der Waals surface area contributed by atoms with Crippen LogP contribution in [-0.2, 0) is 4.74 Å². The van der Waals surface area contributed by atoms with Gasteiger partial charge in [0.2, 0.25) is 0 Å². The molecule has 0 saturated carbocycles. The normalized spacial score (nSPS) is 17.0. The molecule has 7 heteroatoms. The Balaban J connectivity index is 1.66. The molecule has 136 valence electrons. The van der Waals surface area contributed by atoms with Gasteiger partial charge in [-0.2, -0.15) is 0 Å². The molecule has 0 radical (unpaired) electrons. The van der Waals surface area contributed by atoms with Crippen LogP contribution in [0.1, 0.15) is 15.2 Å². The lowest BCUT2D eigenvalue weighted by Crippen LogP contribution is -2.45. The minimum atomic E-state index is -0.612. The first-order valence-corrected chi connectivity index (χ1v) is 9.19. The zero-order chi connectivity index (χ0) is 18.0. The maximum atomic E-state index is 13.4. The number of aliphatic hydroxyl groups excluding tert-OH is 1. The number of aliphatic hydroxyl groups is 1. The van der Waals surface area contributed by atoms with Gasteiger partial charge in [0.25, 0.3) is 5.91 Å². The summed E-state index contributed by atoms with van der Waals surface area (Å²) < 4.78 is 19.6. The summed E-state index contributed by atoms with van der Waals surface area (Å²) >= 11 is 1.37. The number of rotatable bonds is 5. The van der Waals surface area contributed by atoms with Gasteiger partial charge in [-0.25, -0.2) is 4.39 Å². The Morgan fingerprint density at radius 1 is 1.44 bits per heavy atom. The minimum absolute atomic E-state index is 0.139. The number of ether oxygens (including phenoxy) is 1. The number of thiophene rings is 1. The van der Waals surface area contributed by atoms with Crippen LogP contribution in [0.5, 0.6) is 0 Å². The van der Waals surface area contributed by atoms with Crippen LogP contribution in [0.4, 0.5) is 4.39 Å². The molecular weight excluding hydrogens is 343 g/mol. The number of morpholine rings is 1. The second-order valence-electron chi connectivity index (χ2n) is 6.45. The summed E-state index contributed by atoms with van der Waals surface area (Å²) in [6, 6.07) is 4.57. The minimum Gasteiger partial charge on any atom is -0.390 e. The highest BCUT2D eigenvalue weighted by molar-refractivity contribution is 7.21. The van der Waals surface area contributed by atoms with Crippen molar-refractivity contribution in [2.45, 2.75) is 13.0 Å². The largest absolute Gasteiger partial charge is 0.390 e. The van der Waals surface area contributed by atoms with Gasteiger partial charge in [0.05, 0.1) is 24.2 Å². The third-order valence-corrected chi connectivity index (χ3v) is 5.76. The number of nitrogens with zero attached hydrogens (tertiary/aromatic N) is 2. The molecule has 1 atom stereocenters. The highest BCUT2D eigenvalue weighted by Crippen LogP contribution is 2.32. The van der Waals surface area contributed by atoms with Gasteiger partial charge >= 0.3 is 0 Å². The first kappa shape index (κ1) is 18.3. The molecule has 0 spiro atoms. The SMILES string of the molecule is Cc1c(C(=O)N(C)C[C@@H](O)CN2CCOCC2)sc2ccc(F)cc12. The quantitative estimate of drug-likeness (QED) is 0.881. The molecule has 1 aliphatic heterocycles. The summed E-state index contributed by atoms with van der Waals surface area (Å²) in [5.74, 6) is -0.443. The Kier molecular flexibility index (Phi) is 5.68. The summed E-state index contributed by atoms with van der Waals surface area (Å²) in [6.45, 7) is 5.59. The lowest BCUT2D eigenvalue weighted by atomic mass is 10.1. The summed E-state index contributed by atoms with van der Waals surface area (Å²) in [6.07, 6.45) is -0.612. The molecule has 1 saturated heterocycles. The fraction of sp³-hybridized carbons (Fsp3) is 0.500. The lowest BCUT2D eigenvalue weighted by Gasteiger charge is -2.30. The number of fused-ring (bicyclic) bond motifs is 1. The number of carbonyl (C=O) groups is 1. The molecular formula is C18H23FN2O3S. The number of aryl methyl sites for hydroxylation is 1. The van der Waals surface area contributed by atoms with Gasteiger partial charge in [0, 0.05) is 37.9 Å². The molecule has 2 aromatic rings. The Bertz CT molecular complexity index is 758. The summed E-state index contributed by atoms with van der Waals surface area (Å²) in [5, 5.41) is 11.1. The lowest BCUT2D eigenvalue weighted by molar-refractivity contribution is 0.00882. The third-order valence-electron chi connectivity index (χ3n) is 4.50. The molecule has 2 heterocycles. The van der Waals surface area contributed by atoms with E-state index in [4.69, 9.17) is 4.74 Å². The van der Waals surface area contributed by atoms with Crippen molar-refractivity contribution >= 4 is 27.3 Å². The fourth-order valence-electron chi connectivity index (χ4n) is 3.11. The van der Waals surface area contributed by atoms with Crippen LogP contribution >= 0.6 is 11.3 Å². The Morgan fingerprint density at radius 3 is 2.88 bits per heavy atom. The van der Waals surface area contributed by atoms with Crippen LogP contribution in [-0.4, -0.2) is 73.4 Å². The van der Waals surface area contributed by atoms with E-state index >= 15 is 0 Å². The van der Waals surface area contributed by atoms with Gasteiger partial charge in [-0.15, -0.1) is 11.3 Å². The van der Waals surface area contributed by atoms with E-state index in [2.05, 4.69) is 4.90 Å². The van der Waals surface area contributed by atoms with E-state index in [-0.39, 0.29) is 18.3 Å². The Morgan fingerprint density at radius 2 is 2.16 bits per heavy atom. The Labute approximate surface area is 150 Å². The molecule has 0 bridgehead atoms. The second kappa shape index (κ2) is 7.78. The molecule has 1 amide bonds.